The van der Waals surface area contributed by atoms with E-state index in [1.807, 2.05) is 24.3 Å². The smallest absolute Gasteiger partial charge is 0.216 e. The van der Waals surface area contributed by atoms with Gasteiger partial charge in [0, 0.05) is 11.1 Å². The van der Waals surface area contributed by atoms with Gasteiger partial charge < -0.3 is 9.47 Å². The Morgan fingerprint density at radius 3 is 1.50 bits per heavy atom. The number of aliphatic imine (C=N–C) groups is 2. The van der Waals surface area contributed by atoms with Crippen molar-refractivity contribution in [3.8, 4) is 0 Å². The lowest BCUT2D eigenvalue weighted by Crippen LogP contribution is -2.05. The van der Waals surface area contributed by atoms with Gasteiger partial charge in [0.05, 0.1) is 0 Å². The molecule has 0 radical (unpaired) electrons. The number of aryl methyl sites for hydroxylation is 2. The molecule has 2 heterocycles. The van der Waals surface area contributed by atoms with Crippen LogP contribution in [0.25, 0.3) is 0 Å². The summed E-state index contributed by atoms with van der Waals surface area (Å²) in [5.41, 5.74) is 6.75. The van der Waals surface area contributed by atoms with Gasteiger partial charge in [0.1, 0.15) is 25.3 Å². The molecule has 0 aromatic heterocycles. The summed E-state index contributed by atoms with van der Waals surface area (Å²) < 4.78 is 11.8. The third kappa shape index (κ3) is 3.73. The van der Waals surface area contributed by atoms with Crippen molar-refractivity contribution in [3.63, 3.8) is 0 Å². The first-order valence-corrected chi connectivity index (χ1v) is 10.3. The van der Waals surface area contributed by atoms with Crippen LogP contribution >= 0.6 is 0 Å². The number of benzene rings is 3. The molecule has 0 amide bonds. The molecule has 3 aromatic rings. The van der Waals surface area contributed by atoms with E-state index in [1.165, 1.54) is 22.3 Å². The molecule has 0 bridgehead atoms. The minimum atomic E-state index is 0.0373. The molecule has 0 N–H and O–H groups in total. The molecule has 2 atom stereocenters. The number of hydrogen-bond acceptors (Lipinski definition) is 4. The standard InChI is InChI=1S/C26H24N2O2/c1-17-6-10-19(11-7-17)23-15-29-25(27-23)21-4-3-5-22(14-21)26-28-24(16-30-26)20-12-8-18(2)9-13-20/h3-14,23-24H,15-16H2,1-2H3. The summed E-state index contributed by atoms with van der Waals surface area (Å²) in [5.74, 6) is 1.35. The summed E-state index contributed by atoms with van der Waals surface area (Å²) in [6.07, 6.45) is 0. The lowest BCUT2D eigenvalue weighted by molar-refractivity contribution is 0.319. The predicted molar refractivity (Wildman–Crippen MR) is 119 cm³/mol. The van der Waals surface area contributed by atoms with Gasteiger partial charge in [-0.15, -0.1) is 0 Å². The van der Waals surface area contributed by atoms with Crippen LogP contribution in [0, 0.1) is 13.8 Å². The molecule has 2 unspecified atom stereocenters. The third-order valence-corrected chi connectivity index (χ3v) is 5.58. The van der Waals surface area contributed by atoms with Crippen molar-refractivity contribution in [2.24, 2.45) is 9.98 Å². The van der Waals surface area contributed by atoms with Gasteiger partial charge in [-0.25, -0.2) is 9.98 Å². The van der Waals surface area contributed by atoms with Crippen LogP contribution < -0.4 is 0 Å². The third-order valence-electron chi connectivity index (χ3n) is 5.58. The van der Waals surface area contributed by atoms with Gasteiger partial charge in [0.2, 0.25) is 11.8 Å². The topological polar surface area (TPSA) is 43.2 Å². The SMILES string of the molecule is Cc1ccc(C2COC(c3cccc(C4=NC(c5ccc(C)cc5)CO4)c3)=N2)cc1. The van der Waals surface area contributed by atoms with E-state index in [4.69, 9.17) is 19.5 Å². The Morgan fingerprint density at radius 1 is 0.633 bits per heavy atom. The van der Waals surface area contributed by atoms with Gasteiger partial charge in [-0.1, -0.05) is 65.7 Å². The Balaban J connectivity index is 1.37. The Hall–Kier alpha value is -3.40. The molecular formula is C26H24N2O2. The van der Waals surface area contributed by atoms with E-state index in [0.717, 1.165) is 11.1 Å². The monoisotopic (exact) mass is 396 g/mol. The van der Waals surface area contributed by atoms with Crippen molar-refractivity contribution in [2.45, 2.75) is 25.9 Å². The molecule has 150 valence electrons. The first kappa shape index (κ1) is 18.6. The fraction of sp³-hybridized carbons (Fsp3) is 0.231. The van der Waals surface area contributed by atoms with Crippen molar-refractivity contribution in [3.05, 3.63) is 106 Å². The molecule has 0 aliphatic carbocycles. The molecule has 0 saturated heterocycles. The maximum Gasteiger partial charge on any atom is 0.216 e. The second-order valence-corrected chi connectivity index (χ2v) is 7.92. The van der Waals surface area contributed by atoms with Gasteiger partial charge in [0.15, 0.2) is 0 Å². The van der Waals surface area contributed by atoms with Crippen molar-refractivity contribution < 1.29 is 9.47 Å². The largest absolute Gasteiger partial charge is 0.475 e. The zero-order valence-electron chi connectivity index (χ0n) is 17.2. The Kier molecular flexibility index (Phi) is 4.83. The van der Waals surface area contributed by atoms with Crippen molar-refractivity contribution in [2.75, 3.05) is 13.2 Å². The highest BCUT2D eigenvalue weighted by Gasteiger charge is 2.24. The average Bonchev–Trinajstić information content (AvgIpc) is 3.45. The van der Waals surface area contributed by atoms with Crippen LogP contribution in [0.15, 0.2) is 82.8 Å². The molecule has 4 heteroatoms. The zero-order chi connectivity index (χ0) is 20.5. The average molecular weight is 396 g/mol. The van der Waals surface area contributed by atoms with E-state index in [9.17, 15) is 0 Å². The van der Waals surface area contributed by atoms with Crippen LogP contribution in [-0.4, -0.2) is 25.0 Å². The normalized spacial score (nSPS) is 20.3. The maximum atomic E-state index is 5.92. The summed E-state index contributed by atoms with van der Waals surface area (Å²) in [7, 11) is 0. The van der Waals surface area contributed by atoms with Crippen molar-refractivity contribution in [1.29, 1.82) is 0 Å². The van der Waals surface area contributed by atoms with E-state index in [0.29, 0.717) is 25.0 Å². The van der Waals surface area contributed by atoms with Gasteiger partial charge in [-0.05, 0) is 43.2 Å². The Labute approximate surface area is 176 Å². The first-order chi connectivity index (χ1) is 14.7. The van der Waals surface area contributed by atoms with Crippen molar-refractivity contribution in [1.82, 2.24) is 0 Å². The fourth-order valence-corrected chi connectivity index (χ4v) is 3.77. The highest BCUT2D eigenvalue weighted by Crippen LogP contribution is 2.28. The Bertz CT molecular complexity index is 1030. The zero-order valence-corrected chi connectivity index (χ0v) is 17.2. The number of nitrogens with zero attached hydrogens (tertiary/aromatic N) is 2. The summed E-state index contributed by atoms with van der Waals surface area (Å²) in [6, 6.07) is 25.1. The van der Waals surface area contributed by atoms with Crippen LogP contribution in [0.1, 0.15) is 45.5 Å². The van der Waals surface area contributed by atoms with Gasteiger partial charge in [0.25, 0.3) is 0 Å². The molecule has 2 aliphatic rings. The molecule has 3 aromatic carbocycles. The van der Waals surface area contributed by atoms with Crippen LogP contribution in [0.4, 0.5) is 0 Å². The second kappa shape index (κ2) is 7.79. The molecule has 0 spiro atoms. The van der Waals surface area contributed by atoms with E-state index in [1.54, 1.807) is 0 Å². The lowest BCUT2D eigenvalue weighted by atomic mass is 10.1. The second-order valence-electron chi connectivity index (χ2n) is 7.92. The lowest BCUT2D eigenvalue weighted by Gasteiger charge is -2.05. The number of ether oxygens (including phenoxy) is 2. The molecular weight excluding hydrogens is 372 g/mol. The van der Waals surface area contributed by atoms with Crippen LogP contribution in [0.2, 0.25) is 0 Å². The summed E-state index contributed by atoms with van der Waals surface area (Å²) in [6.45, 7) is 5.31. The van der Waals surface area contributed by atoms with E-state index in [-0.39, 0.29) is 12.1 Å². The molecule has 4 nitrogen and oxygen atoms in total. The highest BCUT2D eigenvalue weighted by molar-refractivity contribution is 6.00. The summed E-state index contributed by atoms with van der Waals surface area (Å²) in [5, 5.41) is 0. The molecule has 0 fully saturated rings. The van der Waals surface area contributed by atoms with Gasteiger partial charge in [-0.2, -0.15) is 0 Å². The minimum Gasteiger partial charge on any atom is -0.475 e. The predicted octanol–water partition coefficient (Wildman–Crippen LogP) is 5.34. The Morgan fingerprint density at radius 2 is 1.07 bits per heavy atom. The summed E-state index contributed by atoms with van der Waals surface area (Å²) in [4.78, 5) is 9.62. The maximum absolute atomic E-state index is 5.92. The quantitative estimate of drug-likeness (QED) is 0.597. The van der Waals surface area contributed by atoms with E-state index >= 15 is 0 Å². The van der Waals surface area contributed by atoms with E-state index < -0.39 is 0 Å². The minimum absolute atomic E-state index is 0.0373. The highest BCUT2D eigenvalue weighted by atomic mass is 16.5. The van der Waals surface area contributed by atoms with E-state index in [2.05, 4.69) is 62.4 Å². The first-order valence-electron chi connectivity index (χ1n) is 10.3. The number of rotatable bonds is 4. The fourth-order valence-electron chi connectivity index (χ4n) is 3.77. The summed E-state index contributed by atoms with van der Waals surface area (Å²) >= 11 is 0. The molecule has 2 aliphatic heterocycles. The van der Waals surface area contributed by atoms with Crippen LogP contribution in [0.5, 0.6) is 0 Å². The van der Waals surface area contributed by atoms with Crippen LogP contribution in [-0.2, 0) is 9.47 Å². The van der Waals surface area contributed by atoms with Gasteiger partial charge in [-0.3, -0.25) is 0 Å². The number of hydrogen-bond donors (Lipinski definition) is 0. The van der Waals surface area contributed by atoms with Crippen molar-refractivity contribution >= 4 is 11.8 Å². The van der Waals surface area contributed by atoms with Crippen LogP contribution in [0.3, 0.4) is 0 Å². The van der Waals surface area contributed by atoms with Gasteiger partial charge >= 0.3 is 0 Å². The molecule has 5 rings (SSSR count). The molecule has 0 saturated carbocycles. The molecule has 30 heavy (non-hydrogen) atoms.